The van der Waals surface area contributed by atoms with Crippen molar-refractivity contribution in [2.45, 2.75) is 13.3 Å². The van der Waals surface area contributed by atoms with E-state index in [4.69, 9.17) is 4.52 Å². The molecular weight excluding hydrogens is 356 g/mol. The molecule has 0 saturated heterocycles. The van der Waals surface area contributed by atoms with E-state index in [2.05, 4.69) is 20.8 Å². The Morgan fingerprint density at radius 2 is 2.08 bits per heavy atom. The number of carbonyl (C=O) groups excluding carboxylic acids is 3. The molecule has 1 atom stereocenters. The summed E-state index contributed by atoms with van der Waals surface area (Å²) >= 11 is 0.974. The highest BCUT2D eigenvalue weighted by molar-refractivity contribution is 8.14. The Morgan fingerprint density at radius 1 is 1.31 bits per heavy atom. The first kappa shape index (κ1) is 17.9. The van der Waals surface area contributed by atoms with E-state index in [1.54, 1.807) is 13.0 Å². The van der Waals surface area contributed by atoms with E-state index in [0.29, 0.717) is 18.0 Å². The van der Waals surface area contributed by atoms with Gasteiger partial charge >= 0.3 is 0 Å². The number of hydrogen-bond acceptors (Lipinski definition) is 6. The number of aromatic nitrogens is 1. The van der Waals surface area contributed by atoms with Gasteiger partial charge in [-0.15, -0.1) is 0 Å². The molecule has 1 aromatic heterocycles. The van der Waals surface area contributed by atoms with Crippen molar-refractivity contribution in [1.82, 2.24) is 10.5 Å². The van der Waals surface area contributed by atoms with Crippen molar-refractivity contribution in [2.24, 2.45) is 10.9 Å². The molecule has 0 radical (unpaired) electrons. The molecule has 1 aromatic carbocycles. The summed E-state index contributed by atoms with van der Waals surface area (Å²) in [6, 6.07) is 10.8. The first-order valence-electron chi connectivity index (χ1n) is 7.84. The molecular formula is C17H16N4O4S. The lowest BCUT2D eigenvalue weighted by atomic mass is 9.97. The number of hydrogen-bond donors (Lipinski definition) is 2. The van der Waals surface area contributed by atoms with Crippen molar-refractivity contribution in [3.8, 4) is 0 Å². The summed E-state index contributed by atoms with van der Waals surface area (Å²) < 4.78 is 4.85. The second kappa shape index (κ2) is 7.96. The number of rotatable bonds is 5. The van der Waals surface area contributed by atoms with Gasteiger partial charge in [0.15, 0.2) is 11.0 Å². The van der Waals surface area contributed by atoms with Gasteiger partial charge in [-0.05, 0) is 18.9 Å². The van der Waals surface area contributed by atoms with Crippen LogP contribution in [-0.2, 0) is 20.8 Å². The zero-order valence-corrected chi connectivity index (χ0v) is 14.7. The second-order valence-corrected chi connectivity index (χ2v) is 6.61. The minimum atomic E-state index is -0.853. The Kier molecular flexibility index (Phi) is 5.47. The van der Waals surface area contributed by atoms with Crippen LogP contribution in [0.4, 0.5) is 5.82 Å². The van der Waals surface area contributed by atoms with Crippen LogP contribution in [0.5, 0.6) is 0 Å². The van der Waals surface area contributed by atoms with Crippen molar-refractivity contribution < 1.29 is 18.9 Å². The van der Waals surface area contributed by atoms with Crippen molar-refractivity contribution in [3.05, 3.63) is 47.7 Å². The minimum Gasteiger partial charge on any atom is -0.360 e. The lowest BCUT2D eigenvalue weighted by molar-refractivity contribution is -0.133. The molecule has 2 aromatic rings. The largest absolute Gasteiger partial charge is 0.360 e. The van der Waals surface area contributed by atoms with Gasteiger partial charge in [-0.25, -0.2) is 0 Å². The number of amidine groups is 1. The summed E-state index contributed by atoms with van der Waals surface area (Å²) in [5.41, 5.74) is 0.884. The summed E-state index contributed by atoms with van der Waals surface area (Å²) in [6.45, 7) is 1.71. The summed E-state index contributed by atoms with van der Waals surface area (Å²) in [5.74, 6) is -1.26. The Balaban J connectivity index is 1.55. The van der Waals surface area contributed by atoms with Gasteiger partial charge in [-0.1, -0.05) is 47.3 Å². The van der Waals surface area contributed by atoms with Gasteiger partial charge in [0.2, 0.25) is 11.8 Å². The van der Waals surface area contributed by atoms with Gasteiger partial charge in [0.05, 0.1) is 5.75 Å². The average molecular weight is 372 g/mol. The molecule has 2 N–H and O–H groups in total. The van der Waals surface area contributed by atoms with E-state index in [1.807, 2.05) is 30.3 Å². The Bertz CT molecular complexity index is 863. The predicted molar refractivity (Wildman–Crippen MR) is 96.5 cm³/mol. The summed E-state index contributed by atoms with van der Waals surface area (Å²) in [5, 5.41) is 8.90. The number of aliphatic imine (C=N–C) groups is 1. The first-order chi connectivity index (χ1) is 12.5. The molecule has 0 saturated carbocycles. The summed E-state index contributed by atoms with van der Waals surface area (Å²) in [7, 11) is 0. The van der Waals surface area contributed by atoms with Gasteiger partial charge in [0, 0.05) is 6.07 Å². The maximum absolute atomic E-state index is 12.2. The molecule has 8 nitrogen and oxygen atoms in total. The molecule has 0 spiro atoms. The van der Waals surface area contributed by atoms with Crippen molar-refractivity contribution in [1.29, 1.82) is 0 Å². The van der Waals surface area contributed by atoms with Crippen LogP contribution in [0.2, 0.25) is 0 Å². The standard InChI is InChI=1S/C17H16N4O4S/c1-10-7-13(21-25-10)18-14(22)9-26-17-19-15(23)12(16(24)20-17)8-11-5-3-2-4-6-11/h2-7,12H,8-9H2,1H3,(H,18,21,22)(H,19,20,23,24). The molecule has 1 aliphatic rings. The summed E-state index contributed by atoms with van der Waals surface area (Å²) in [4.78, 5) is 40.1. The number of carbonyl (C=O) groups is 3. The van der Waals surface area contributed by atoms with Gasteiger partial charge in [0.1, 0.15) is 11.7 Å². The second-order valence-electron chi connectivity index (χ2n) is 5.65. The fourth-order valence-electron chi connectivity index (χ4n) is 2.35. The maximum Gasteiger partial charge on any atom is 0.261 e. The minimum absolute atomic E-state index is 0.0261. The molecule has 3 amide bonds. The van der Waals surface area contributed by atoms with Crippen molar-refractivity contribution >= 4 is 40.5 Å². The quantitative estimate of drug-likeness (QED) is 0.770. The maximum atomic E-state index is 12.2. The topological polar surface area (TPSA) is 114 Å². The average Bonchev–Trinajstić information content (AvgIpc) is 3.02. The molecule has 26 heavy (non-hydrogen) atoms. The molecule has 1 unspecified atom stereocenters. The third-order valence-corrected chi connectivity index (χ3v) is 4.45. The Labute approximate surface area is 153 Å². The molecule has 0 bridgehead atoms. The summed E-state index contributed by atoms with van der Waals surface area (Å²) in [6.07, 6.45) is 0.291. The number of aryl methyl sites for hydroxylation is 1. The number of nitrogens with zero attached hydrogens (tertiary/aromatic N) is 2. The number of nitrogens with one attached hydrogen (secondary N) is 2. The van der Waals surface area contributed by atoms with Crippen LogP contribution in [0.25, 0.3) is 0 Å². The SMILES string of the molecule is Cc1cc(NC(=O)CSC2=NC(=O)C(Cc3ccccc3)C(=O)N2)no1. The Morgan fingerprint density at radius 3 is 2.73 bits per heavy atom. The van der Waals surface area contributed by atoms with Gasteiger partial charge < -0.3 is 15.2 Å². The van der Waals surface area contributed by atoms with E-state index >= 15 is 0 Å². The Hall–Kier alpha value is -2.94. The number of anilines is 1. The highest BCUT2D eigenvalue weighted by Gasteiger charge is 2.32. The molecule has 9 heteroatoms. The van der Waals surface area contributed by atoms with E-state index < -0.39 is 17.7 Å². The number of benzene rings is 1. The van der Waals surface area contributed by atoms with Gasteiger partial charge in [0.25, 0.3) is 5.91 Å². The number of thioether (sulfide) groups is 1. The highest BCUT2D eigenvalue weighted by Crippen LogP contribution is 2.17. The van der Waals surface area contributed by atoms with E-state index in [1.165, 1.54) is 0 Å². The normalized spacial score (nSPS) is 16.8. The highest BCUT2D eigenvalue weighted by atomic mass is 32.2. The molecule has 1 aliphatic heterocycles. The molecule has 0 fully saturated rings. The van der Waals surface area contributed by atoms with E-state index in [-0.39, 0.29) is 16.8 Å². The molecule has 2 heterocycles. The first-order valence-corrected chi connectivity index (χ1v) is 8.83. The van der Waals surface area contributed by atoms with Crippen LogP contribution in [0.15, 0.2) is 45.9 Å². The molecule has 3 rings (SSSR count). The zero-order chi connectivity index (χ0) is 18.5. The van der Waals surface area contributed by atoms with Crippen molar-refractivity contribution in [3.63, 3.8) is 0 Å². The predicted octanol–water partition coefficient (Wildman–Crippen LogP) is 1.53. The molecule has 0 aliphatic carbocycles. The third-order valence-electron chi connectivity index (χ3n) is 3.57. The fourth-order valence-corrected chi connectivity index (χ4v) is 3.01. The third kappa shape index (κ3) is 4.57. The fraction of sp³-hybridized carbons (Fsp3) is 0.235. The van der Waals surface area contributed by atoms with Crippen LogP contribution >= 0.6 is 11.8 Å². The zero-order valence-electron chi connectivity index (χ0n) is 13.9. The van der Waals surface area contributed by atoms with Crippen LogP contribution in [0.1, 0.15) is 11.3 Å². The van der Waals surface area contributed by atoms with Crippen LogP contribution in [-0.4, -0.2) is 33.8 Å². The van der Waals surface area contributed by atoms with E-state index in [0.717, 1.165) is 17.3 Å². The monoisotopic (exact) mass is 372 g/mol. The van der Waals surface area contributed by atoms with Crippen LogP contribution in [0, 0.1) is 12.8 Å². The number of amides is 3. The van der Waals surface area contributed by atoms with Crippen molar-refractivity contribution in [2.75, 3.05) is 11.1 Å². The van der Waals surface area contributed by atoms with Gasteiger partial charge in [-0.3, -0.25) is 14.4 Å². The van der Waals surface area contributed by atoms with Gasteiger partial charge in [-0.2, -0.15) is 4.99 Å². The van der Waals surface area contributed by atoms with Crippen LogP contribution < -0.4 is 10.6 Å². The molecule has 134 valence electrons. The smallest absolute Gasteiger partial charge is 0.261 e. The van der Waals surface area contributed by atoms with Crippen LogP contribution in [0.3, 0.4) is 0 Å². The van der Waals surface area contributed by atoms with E-state index in [9.17, 15) is 14.4 Å². The lowest BCUT2D eigenvalue weighted by Gasteiger charge is -2.19. The lowest BCUT2D eigenvalue weighted by Crippen LogP contribution is -2.44.